The number of carbonyl (C=O) groups excluding carboxylic acids is 4. The van der Waals surface area contributed by atoms with Gasteiger partial charge in [0.1, 0.15) is 12.2 Å². The summed E-state index contributed by atoms with van der Waals surface area (Å²) in [5.41, 5.74) is 7.61. The molecule has 5 heterocycles. The van der Waals surface area contributed by atoms with Gasteiger partial charge >= 0.3 is 35.0 Å². The SMILES string of the molecule is C=Cc1c2[n-]c(c1C)/C=C1\[N-]/C(=C3\c4[n-]c(c(C)c4C(=O)[C@@H]3C(=O)OC)/C=c3\[n-]/c(c(C=O)c3CC)=C/2)[C@@H](CCC(=O)OCC)[C@@H]1C.[Mg+2]. The fraction of sp³-hybridized carbons (Fsp3) is 0.351. The number of rotatable bonds is 8. The number of allylic oxidation sites excluding steroid dienone is 2. The van der Waals surface area contributed by atoms with Gasteiger partial charge < -0.3 is 29.7 Å². The maximum absolute atomic E-state index is 14.1. The van der Waals surface area contributed by atoms with Crippen molar-refractivity contribution in [3.05, 3.63) is 90.1 Å². The number of nitrogens with zero attached hydrogens (tertiary/aromatic N) is 4. The van der Waals surface area contributed by atoms with Crippen molar-refractivity contribution in [2.45, 2.75) is 53.9 Å². The molecule has 0 radical (unpaired) electrons. The Balaban J connectivity index is 0.00000451. The average molecular weight is 657 g/mol. The van der Waals surface area contributed by atoms with Gasteiger partial charge in [0.25, 0.3) is 0 Å². The molecular weight excluding hydrogens is 621 g/mol. The van der Waals surface area contributed by atoms with E-state index in [2.05, 4.69) is 6.58 Å². The predicted octanol–water partition coefficient (Wildman–Crippen LogP) is 3.50. The summed E-state index contributed by atoms with van der Waals surface area (Å²) in [7, 11) is 1.25. The molecule has 1 fully saturated rings. The zero-order valence-corrected chi connectivity index (χ0v) is 29.5. The maximum Gasteiger partial charge on any atom is 2.00 e. The number of hydrogen-bond acceptors (Lipinski definition) is 6. The van der Waals surface area contributed by atoms with E-state index in [0.29, 0.717) is 80.0 Å². The van der Waals surface area contributed by atoms with E-state index in [1.54, 1.807) is 32.1 Å². The van der Waals surface area contributed by atoms with Crippen LogP contribution in [0, 0.1) is 31.6 Å². The molecule has 6 rings (SSSR count). The molecule has 0 aromatic carbocycles. The number of Topliss-reactive ketones (excluding diaryl/α,β-unsaturated/α-hetero) is 1. The topological polar surface area (TPSA) is 143 Å². The second-order valence-electron chi connectivity index (χ2n) is 12.0. The van der Waals surface area contributed by atoms with Crippen molar-refractivity contribution in [2.75, 3.05) is 13.7 Å². The Bertz CT molecular complexity index is 2060. The van der Waals surface area contributed by atoms with Gasteiger partial charge in [0.15, 0.2) is 5.78 Å². The minimum Gasteiger partial charge on any atom is -0.664 e. The van der Waals surface area contributed by atoms with E-state index in [0.717, 1.165) is 23.0 Å². The van der Waals surface area contributed by atoms with Crippen LogP contribution in [-0.4, -0.2) is 60.8 Å². The fourth-order valence-electron chi connectivity index (χ4n) is 7.10. The first kappa shape index (κ1) is 35.0. The van der Waals surface area contributed by atoms with Gasteiger partial charge in [0.05, 0.1) is 13.7 Å². The molecule has 8 bridgehead atoms. The minimum absolute atomic E-state index is 0. The zero-order chi connectivity index (χ0) is 33.7. The monoisotopic (exact) mass is 656 g/mol. The third kappa shape index (κ3) is 5.52. The Morgan fingerprint density at radius 2 is 1.69 bits per heavy atom. The summed E-state index contributed by atoms with van der Waals surface area (Å²) >= 11 is 0. The minimum atomic E-state index is -1.25. The Kier molecular flexibility index (Phi) is 9.93. The van der Waals surface area contributed by atoms with Crippen LogP contribution in [0.1, 0.15) is 99.4 Å². The van der Waals surface area contributed by atoms with Crippen LogP contribution >= 0.6 is 0 Å². The molecular formula is C37H36MgN4O6-2. The van der Waals surface area contributed by atoms with Crippen molar-refractivity contribution in [3.63, 3.8) is 0 Å². The molecule has 244 valence electrons. The molecule has 3 atom stereocenters. The van der Waals surface area contributed by atoms with Crippen LogP contribution in [-0.2, 0) is 25.5 Å². The molecule has 2 aliphatic heterocycles. The molecule has 3 aromatic heterocycles. The van der Waals surface area contributed by atoms with E-state index >= 15 is 0 Å². The van der Waals surface area contributed by atoms with E-state index in [1.165, 1.54) is 7.11 Å². The summed E-state index contributed by atoms with van der Waals surface area (Å²) in [6, 6.07) is 0. The molecule has 0 saturated carbocycles. The zero-order valence-electron chi connectivity index (χ0n) is 28.1. The third-order valence-corrected chi connectivity index (χ3v) is 9.59. The van der Waals surface area contributed by atoms with E-state index in [1.807, 2.05) is 26.8 Å². The van der Waals surface area contributed by atoms with Crippen molar-refractivity contribution in [2.24, 2.45) is 17.8 Å². The summed E-state index contributed by atoms with van der Waals surface area (Å²) in [5.74, 6) is -3.22. The largest absolute Gasteiger partial charge is 2.00 e. The molecule has 1 aliphatic carbocycles. The third-order valence-electron chi connectivity index (χ3n) is 9.59. The molecule has 1 saturated heterocycles. The van der Waals surface area contributed by atoms with Gasteiger partial charge in [0, 0.05) is 17.5 Å². The number of aldehydes is 1. The standard InChI is InChI=1S/C37H37N4O6.Mg/c1-8-20-17(4)24-13-25-18(5)22(11-12-30(43)47-10-3)34(40-25)32-33(37(45)46-7)36(44)31-19(6)26(41-35(31)32)14-28-21(9-2)23(16-42)29(39-28)15-27(20)38-24;/h8,13-16,18,22,33H,1,9-12H2,2-7H3,(H-,40,41,42,44);/q-3;+2/p-1/b25-13-,29-15+;/t18-,22-,33+;/m0./s1. The van der Waals surface area contributed by atoms with Gasteiger partial charge in [-0.25, -0.2) is 0 Å². The van der Waals surface area contributed by atoms with Crippen LogP contribution in [0.3, 0.4) is 0 Å². The van der Waals surface area contributed by atoms with Crippen LogP contribution in [0.15, 0.2) is 18.0 Å². The second kappa shape index (κ2) is 13.6. The summed E-state index contributed by atoms with van der Waals surface area (Å²) in [6.45, 7) is 13.7. The molecule has 0 N–H and O–H groups in total. The molecule has 0 spiro atoms. The number of hydrogen-bond donors (Lipinski definition) is 0. The van der Waals surface area contributed by atoms with Crippen molar-refractivity contribution >= 4 is 76.9 Å². The molecule has 0 amide bonds. The molecule has 3 aliphatic rings. The summed E-state index contributed by atoms with van der Waals surface area (Å²) in [4.78, 5) is 67.0. The number of esters is 2. The Morgan fingerprint density at radius 3 is 2.33 bits per heavy atom. The van der Waals surface area contributed by atoms with Crippen LogP contribution in [0.4, 0.5) is 0 Å². The first-order valence-electron chi connectivity index (χ1n) is 15.8. The Hall–Kier alpha value is -4.35. The van der Waals surface area contributed by atoms with Gasteiger partial charge in [-0.3, -0.25) is 19.2 Å². The van der Waals surface area contributed by atoms with Gasteiger partial charge in [0.2, 0.25) is 0 Å². The van der Waals surface area contributed by atoms with Gasteiger partial charge in [-0.2, -0.15) is 11.4 Å². The first-order chi connectivity index (χ1) is 22.6. The van der Waals surface area contributed by atoms with Crippen molar-refractivity contribution < 1.29 is 28.7 Å². The maximum atomic E-state index is 14.1. The summed E-state index contributed by atoms with van der Waals surface area (Å²) in [5, 5.41) is 6.14. The van der Waals surface area contributed by atoms with Crippen LogP contribution < -0.4 is 25.7 Å². The number of aromatic nitrogens is 3. The predicted molar refractivity (Wildman–Crippen MR) is 182 cm³/mol. The van der Waals surface area contributed by atoms with Crippen molar-refractivity contribution in [1.29, 1.82) is 0 Å². The van der Waals surface area contributed by atoms with Gasteiger partial charge in [-0.05, 0) is 51.0 Å². The Labute approximate surface area is 295 Å². The summed E-state index contributed by atoms with van der Waals surface area (Å²) in [6.07, 6.45) is 9.08. The number of carbonyl (C=O) groups is 4. The van der Waals surface area contributed by atoms with E-state index < -0.39 is 17.7 Å². The van der Waals surface area contributed by atoms with Gasteiger partial charge in [-0.15, -0.1) is 33.5 Å². The van der Waals surface area contributed by atoms with Gasteiger partial charge in [-0.1, -0.05) is 67.0 Å². The number of fused-ring (bicyclic) bond motifs is 7. The molecule has 0 unspecified atom stereocenters. The van der Waals surface area contributed by atoms with Crippen molar-refractivity contribution in [3.8, 4) is 0 Å². The van der Waals surface area contributed by atoms with Crippen LogP contribution in [0.2, 0.25) is 0 Å². The van der Waals surface area contributed by atoms with E-state index in [9.17, 15) is 19.2 Å². The number of methoxy groups -OCH3 is 1. The molecule has 10 nitrogen and oxygen atoms in total. The molecule has 3 aromatic rings. The number of ether oxygens (including phenoxy) is 2. The molecule has 11 heteroatoms. The second-order valence-corrected chi connectivity index (χ2v) is 12.0. The normalized spacial score (nSPS) is 23.1. The van der Waals surface area contributed by atoms with E-state index in [-0.39, 0.29) is 53.9 Å². The Morgan fingerprint density at radius 1 is 0.979 bits per heavy atom. The van der Waals surface area contributed by atoms with Crippen molar-refractivity contribution in [1.82, 2.24) is 15.0 Å². The quantitative estimate of drug-likeness (QED) is 0.154. The summed E-state index contributed by atoms with van der Waals surface area (Å²) < 4.78 is 10.4. The first-order valence-corrected chi connectivity index (χ1v) is 15.8. The molecule has 48 heavy (non-hydrogen) atoms. The number of ketones is 1. The average Bonchev–Trinajstić information content (AvgIpc) is 3.80. The van der Waals surface area contributed by atoms with Crippen LogP contribution in [0.25, 0.3) is 35.2 Å². The fourth-order valence-corrected chi connectivity index (χ4v) is 7.10. The van der Waals surface area contributed by atoms with Crippen LogP contribution in [0.5, 0.6) is 0 Å². The van der Waals surface area contributed by atoms with E-state index in [4.69, 9.17) is 29.7 Å². The smallest absolute Gasteiger partial charge is 0.664 e.